The molecule has 1 saturated carbocycles. The molecule has 1 aliphatic carbocycles. The maximum absolute atomic E-state index is 13.4. The Kier molecular flexibility index (Phi) is 5.92. The number of ether oxygens (including phenoxy) is 1. The molecule has 2 bridgehead atoms. The second-order valence-corrected chi connectivity index (χ2v) is 9.76. The molecule has 2 aromatic heterocycles. The number of rotatable bonds is 7. The van der Waals surface area contributed by atoms with Crippen LogP contribution >= 0.6 is 0 Å². The van der Waals surface area contributed by atoms with E-state index in [0.717, 1.165) is 51.6 Å². The van der Waals surface area contributed by atoms with Gasteiger partial charge in [0.2, 0.25) is 11.5 Å². The van der Waals surface area contributed by atoms with Crippen molar-refractivity contribution in [1.82, 2.24) is 9.97 Å². The third kappa shape index (κ3) is 4.27. The summed E-state index contributed by atoms with van der Waals surface area (Å²) in [5.74, 6) is -0.188. The molecule has 2 atom stereocenters. The van der Waals surface area contributed by atoms with Crippen LogP contribution in [0.15, 0.2) is 41.3 Å². The number of esters is 1. The fourth-order valence-electron chi connectivity index (χ4n) is 5.94. The zero-order valence-electron chi connectivity index (χ0n) is 18.7. The normalized spacial score (nSPS) is 28.9. The first-order valence-corrected chi connectivity index (χ1v) is 11.9. The Bertz CT molecular complexity index is 968. The topological polar surface area (TPSA) is 115 Å². The first-order valence-electron chi connectivity index (χ1n) is 11.9. The number of hydrogen-bond donors (Lipinski definition) is 2. The largest absolute Gasteiger partial charge is 0.466 e. The summed E-state index contributed by atoms with van der Waals surface area (Å²) in [6, 6.07) is 5.04. The molecule has 9 heteroatoms. The summed E-state index contributed by atoms with van der Waals surface area (Å²) >= 11 is 0. The van der Waals surface area contributed by atoms with Crippen LogP contribution in [0.4, 0.5) is 5.95 Å². The van der Waals surface area contributed by atoms with Crippen molar-refractivity contribution in [2.75, 3.05) is 31.5 Å². The Labute approximate surface area is 192 Å². The minimum absolute atomic E-state index is 0.148. The molecule has 5 heterocycles. The van der Waals surface area contributed by atoms with Crippen LogP contribution in [0.2, 0.25) is 0 Å². The van der Waals surface area contributed by atoms with E-state index < -0.39 is 11.6 Å². The summed E-state index contributed by atoms with van der Waals surface area (Å²) in [4.78, 5) is 34.3. The van der Waals surface area contributed by atoms with Crippen molar-refractivity contribution in [2.45, 2.75) is 50.2 Å². The van der Waals surface area contributed by atoms with E-state index in [-0.39, 0.29) is 42.1 Å². The molecule has 4 fully saturated rings. The lowest BCUT2D eigenvalue weighted by atomic mass is 9.81. The van der Waals surface area contributed by atoms with Crippen LogP contribution in [0.3, 0.4) is 0 Å². The molecule has 3 saturated heterocycles. The van der Waals surface area contributed by atoms with Crippen LogP contribution in [0.25, 0.3) is 0 Å². The van der Waals surface area contributed by atoms with Crippen molar-refractivity contribution in [3.05, 3.63) is 42.6 Å². The van der Waals surface area contributed by atoms with Gasteiger partial charge in [-0.25, -0.2) is 14.8 Å². The predicted octanol–water partition coefficient (Wildman–Crippen LogP) is 2.24. The van der Waals surface area contributed by atoms with Crippen molar-refractivity contribution >= 4 is 17.8 Å². The molecule has 9 nitrogen and oxygen atoms in total. The highest BCUT2D eigenvalue weighted by atomic mass is 16.6. The van der Waals surface area contributed by atoms with E-state index in [9.17, 15) is 14.7 Å². The highest BCUT2D eigenvalue weighted by Crippen LogP contribution is 2.43. The number of nitrogens with zero attached hydrogens (tertiary/aromatic N) is 3. The van der Waals surface area contributed by atoms with Crippen LogP contribution in [-0.2, 0) is 19.9 Å². The van der Waals surface area contributed by atoms with Crippen LogP contribution in [-0.4, -0.2) is 63.7 Å². The van der Waals surface area contributed by atoms with E-state index in [1.54, 1.807) is 30.6 Å². The lowest BCUT2D eigenvalue weighted by Crippen LogP contribution is -2.66. The van der Waals surface area contributed by atoms with E-state index in [4.69, 9.17) is 9.15 Å². The van der Waals surface area contributed by atoms with Crippen LogP contribution < -0.4 is 5.32 Å². The molecule has 0 aromatic carbocycles. The summed E-state index contributed by atoms with van der Waals surface area (Å²) < 4.78 is 12.1. The van der Waals surface area contributed by atoms with Crippen LogP contribution in [0, 0.1) is 11.8 Å². The number of carbonyl (C=O) groups excluding carboxylic acids is 2. The summed E-state index contributed by atoms with van der Waals surface area (Å²) in [7, 11) is 0. The third-order valence-corrected chi connectivity index (χ3v) is 7.75. The molecule has 6 rings (SSSR count). The van der Waals surface area contributed by atoms with E-state index in [1.165, 1.54) is 6.26 Å². The van der Waals surface area contributed by atoms with Gasteiger partial charge < -0.3 is 18.7 Å². The molecule has 0 radical (unpaired) electrons. The maximum atomic E-state index is 13.4. The van der Waals surface area contributed by atoms with E-state index in [0.29, 0.717) is 11.0 Å². The average Bonchev–Trinajstić information content (AvgIpc) is 3.54. The maximum Gasteiger partial charge on any atom is 0.346 e. The molecule has 33 heavy (non-hydrogen) atoms. The number of fused-ring (bicyclic) bond motifs is 3. The van der Waals surface area contributed by atoms with Crippen LogP contribution in [0.1, 0.15) is 44.3 Å². The van der Waals surface area contributed by atoms with Gasteiger partial charge in [0.25, 0.3) is 5.91 Å². The Morgan fingerprint density at radius 2 is 1.88 bits per heavy atom. The number of quaternary nitrogens is 1. The fraction of sp³-hybridized carbons (Fsp3) is 0.583. The first kappa shape index (κ1) is 22.0. The van der Waals surface area contributed by atoms with Crippen LogP contribution in [0.5, 0.6) is 0 Å². The minimum atomic E-state index is -1.77. The molecule has 1 amide bonds. The smallest absolute Gasteiger partial charge is 0.346 e. The first-order chi connectivity index (χ1) is 16.0. The third-order valence-electron chi connectivity index (χ3n) is 7.75. The zero-order valence-corrected chi connectivity index (χ0v) is 18.7. The summed E-state index contributed by atoms with van der Waals surface area (Å²) in [5.41, 5.74) is -1.77. The molecule has 176 valence electrons. The monoisotopic (exact) mass is 455 g/mol. The fourth-order valence-corrected chi connectivity index (χ4v) is 5.94. The van der Waals surface area contributed by atoms with E-state index in [1.807, 2.05) is 0 Å². The van der Waals surface area contributed by atoms with Gasteiger partial charge in [0.05, 0.1) is 19.4 Å². The van der Waals surface area contributed by atoms with E-state index in [2.05, 4.69) is 15.3 Å². The minimum Gasteiger partial charge on any atom is -0.466 e. The summed E-state index contributed by atoms with van der Waals surface area (Å²) in [5, 5.41) is 14.3. The lowest BCUT2D eigenvalue weighted by molar-refractivity contribution is -0.939. The van der Waals surface area contributed by atoms with Crippen molar-refractivity contribution in [3.63, 3.8) is 0 Å². The van der Waals surface area contributed by atoms with Crippen molar-refractivity contribution < 1.29 is 28.3 Å². The predicted molar refractivity (Wildman–Crippen MR) is 118 cm³/mol. The molecule has 4 aliphatic rings. The quantitative estimate of drug-likeness (QED) is 0.486. The summed E-state index contributed by atoms with van der Waals surface area (Å²) in [6.07, 6.45) is 9.58. The second-order valence-electron chi connectivity index (χ2n) is 9.76. The highest BCUT2D eigenvalue weighted by Gasteiger charge is 2.54. The van der Waals surface area contributed by atoms with Crippen molar-refractivity contribution in [1.29, 1.82) is 0 Å². The van der Waals surface area contributed by atoms with Gasteiger partial charge >= 0.3 is 5.97 Å². The number of hydrogen-bond acceptors (Lipinski definition) is 7. The molecular weight excluding hydrogens is 424 g/mol. The van der Waals surface area contributed by atoms with Gasteiger partial charge in [0, 0.05) is 37.1 Å². The van der Waals surface area contributed by atoms with Gasteiger partial charge in [-0.3, -0.25) is 10.1 Å². The van der Waals surface area contributed by atoms with Gasteiger partial charge in [0.1, 0.15) is 12.3 Å². The number of aliphatic hydroxyl groups is 1. The standard InChI is InChI=1S/C24H30N4O5/c29-21(27-23-25-10-4-11-26-23)16-28-12-8-17(9-13-28)19(15-28)33-22(30)24(31,18-5-1-2-6-18)20-7-3-14-32-20/h3-4,7,10-11,14,17-19,31H,1-2,5-6,8-9,12-13,15-16H2/p+1/t17?,19?,24-,28?/m1/s1. The summed E-state index contributed by atoms with van der Waals surface area (Å²) in [6.45, 7) is 2.59. The molecule has 0 spiro atoms. The average molecular weight is 456 g/mol. The number of nitrogens with one attached hydrogen (secondary N) is 1. The number of carbonyl (C=O) groups is 2. The van der Waals surface area contributed by atoms with Gasteiger partial charge in [-0.1, -0.05) is 12.8 Å². The lowest BCUT2D eigenvalue weighted by Gasteiger charge is -2.51. The Morgan fingerprint density at radius 3 is 2.55 bits per heavy atom. The Morgan fingerprint density at radius 1 is 1.15 bits per heavy atom. The van der Waals surface area contributed by atoms with E-state index >= 15 is 0 Å². The van der Waals surface area contributed by atoms with Crippen molar-refractivity contribution in [2.24, 2.45) is 11.8 Å². The number of aromatic nitrogens is 2. The van der Waals surface area contributed by atoms with Crippen molar-refractivity contribution in [3.8, 4) is 0 Å². The SMILES string of the molecule is O=C(C[N+]12CCC(CC1)C(OC(=O)[C@](O)(c1ccco1)C1CCCC1)C2)Nc1ncccn1. The highest BCUT2D eigenvalue weighted by molar-refractivity contribution is 5.89. The Balaban J connectivity index is 1.28. The molecule has 2 aromatic rings. The molecule has 3 aliphatic heterocycles. The van der Waals surface area contributed by atoms with Gasteiger partial charge in [-0.15, -0.1) is 0 Å². The molecule has 2 N–H and O–H groups in total. The van der Waals surface area contributed by atoms with Gasteiger partial charge in [-0.2, -0.15) is 0 Å². The zero-order chi connectivity index (χ0) is 22.9. The molecule has 1 unspecified atom stereocenters. The Hall–Kier alpha value is -2.78. The number of piperidine rings is 3. The van der Waals surface area contributed by atoms with Gasteiger partial charge in [0.15, 0.2) is 12.6 Å². The van der Waals surface area contributed by atoms with Gasteiger partial charge in [-0.05, 0) is 31.0 Å². The second kappa shape index (κ2) is 8.87. The number of furan rings is 1. The molecular formula is C24H31N4O5+. The number of anilines is 1. The number of amides is 1.